The molecule has 0 radical (unpaired) electrons. The number of hydrogen-bond acceptors (Lipinski definition) is 2. The first-order valence-corrected chi connectivity index (χ1v) is 6.70. The van der Waals surface area contributed by atoms with Crippen LogP contribution in [0.1, 0.15) is 45.4 Å². The van der Waals surface area contributed by atoms with Gasteiger partial charge in [0.15, 0.2) is 0 Å². The molecule has 0 spiro atoms. The van der Waals surface area contributed by atoms with Crippen LogP contribution in [0.4, 0.5) is 0 Å². The predicted molar refractivity (Wildman–Crippen MR) is 74.6 cm³/mol. The van der Waals surface area contributed by atoms with E-state index in [1.165, 1.54) is 25.7 Å². The Bertz CT molecular complexity index is 204. The van der Waals surface area contributed by atoms with Crippen LogP contribution in [0.5, 0.6) is 0 Å². The van der Waals surface area contributed by atoms with Crippen LogP contribution in [0.25, 0.3) is 0 Å². The Morgan fingerprint density at radius 1 is 1.29 bits per heavy atom. The van der Waals surface area contributed by atoms with Gasteiger partial charge in [-0.05, 0) is 38.8 Å². The van der Waals surface area contributed by atoms with Crippen LogP contribution in [0.3, 0.4) is 0 Å². The second-order valence-electron chi connectivity index (χ2n) is 4.84. The molecule has 1 amide bonds. The Hall–Kier alpha value is -0.280. The van der Waals surface area contributed by atoms with Crippen molar-refractivity contribution in [1.82, 2.24) is 10.2 Å². The van der Waals surface area contributed by atoms with Crippen molar-refractivity contribution < 1.29 is 4.79 Å². The summed E-state index contributed by atoms with van der Waals surface area (Å²) in [6.45, 7) is 5.21. The zero-order valence-electron chi connectivity index (χ0n) is 11.2. The van der Waals surface area contributed by atoms with E-state index in [-0.39, 0.29) is 12.4 Å². The van der Waals surface area contributed by atoms with E-state index in [9.17, 15) is 4.79 Å². The normalized spacial score (nSPS) is 16.7. The molecule has 0 bridgehead atoms. The van der Waals surface area contributed by atoms with Crippen molar-refractivity contribution in [2.24, 2.45) is 5.92 Å². The van der Waals surface area contributed by atoms with Crippen molar-refractivity contribution >= 4 is 18.3 Å². The molecule has 1 N–H and O–H groups in total. The number of likely N-dealkylation sites (tertiary alicyclic amines) is 1. The lowest BCUT2D eigenvalue weighted by Crippen LogP contribution is -2.40. The lowest BCUT2D eigenvalue weighted by molar-refractivity contribution is -0.132. The van der Waals surface area contributed by atoms with Gasteiger partial charge in [0.05, 0.1) is 0 Å². The van der Waals surface area contributed by atoms with E-state index in [2.05, 4.69) is 17.1 Å². The molecule has 1 aliphatic rings. The Morgan fingerprint density at radius 2 is 1.94 bits per heavy atom. The number of unbranched alkanes of at least 4 members (excludes halogenated alkanes) is 2. The minimum absolute atomic E-state index is 0. The molecule has 0 aliphatic carbocycles. The minimum Gasteiger partial charge on any atom is -0.343 e. The molecule has 3 nitrogen and oxygen atoms in total. The number of hydrogen-bond donors (Lipinski definition) is 1. The molecule has 0 saturated carbocycles. The summed E-state index contributed by atoms with van der Waals surface area (Å²) in [6, 6.07) is 0. The molecule has 1 aliphatic heterocycles. The minimum atomic E-state index is 0. The molecule has 1 fully saturated rings. The average molecular weight is 263 g/mol. The smallest absolute Gasteiger partial charge is 0.222 e. The SMILES string of the molecule is CCCCCC(=O)N1CCC(CNC)CC1.Cl. The van der Waals surface area contributed by atoms with Gasteiger partial charge in [0.2, 0.25) is 5.91 Å². The lowest BCUT2D eigenvalue weighted by atomic mass is 9.96. The van der Waals surface area contributed by atoms with E-state index < -0.39 is 0 Å². The zero-order chi connectivity index (χ0) is 11.8. The van der Waals surface area contributed by atoms with Crippen LogP contribution in [-0.4, -0.2) is 37.5 Å². The Labute approximate surface area is 112 Å². The van der Waals surface area contributed by atoms with E-state index in [1.807, 2.05) is 7.05 Å². The van der Waals surface area contributed by atoms with Crippen molar-refractivity contribution in [3.8, 4) is 0 Å². The highest BCUT2D eigenvalue weighted by Gasteiger charge is 2.21. The van der Waals surface area contributed by atoms with Crippen molar-refractivity contribution in [2.75, 3.05) is 26.7 Å². The molecule has 0 aromatic heterocycles. The summed E-state index contributed by atoms with van der Waals surface area (Å²) < 4.78 is 0. The predicted octanol–water partition coefficient (Wildman–Crippen LogP) is 2.45. The van der Waals surface area contributed by atoms with Crippen molar-refractivity contribution in [2.45, 2.75) is 45.4 Å². The number of amides is 1. The molecular formula is C13H27ClN2O. The third-order valence-electron chi connectivity index (χ3n) is 3.45. The Balaban J connectivity index is 0.00000256. The molecule has 1 rings (SSSR count). The van der Waals surface area contributed by atoms with E-state index in [0.29, 0.717) is 5.91 Å². The summed E-state index contributed by atoms with van der Waals surface area (Å²) in [5.74, 6) is 1.14. The molecule has 1 heterocycles. The standard InChI is InChI=1S/C13H26N2O.ClH/c1-3-4-5-6-13(16)15-9-7-12(8-10-15)11-14-2;/h12,14H,3-11H2,1-2H3;1H. The highest BCUT2D eigenvalue weighted by molar-refractivity contribution is 5.85. The van der Waals surface area contributed by atoms with Gasteiger partial charge in [-0.15, -0.1) is 12.4 Å². The van der Waals surface area contributed by atoms with Crippen molar-refractivity contribution in [3.63, 3.8) is 0 Å². The highest BCUT2D eigenvalue weighted by atomic mass is 35.5. The van der Waals surface area contributed by atoms with Gasteiger partial charge < -0.3 is 10.2 Å². The number of nitrogens with one attached hydrogen (secondary N) is 1. The molecule has 0 aromatic rings. The lowest BCUT2D eigenvalue weighted by Gasteiger charge is -2.32. The number of halogens is 1. The maximum atomic E-state index is 11.8. The molecular weight excluding hydrogens is 236 g/mol. The van der Waals surface area contributed by atoms with Gasteiger partial charge in [0.1, 0.15) is 0 Å². The first kappa shape index (κ1) is 16.7. The first-order valence-electron chi connectivity index (χ1n) is 6.70. The van der Waals surface area contributed by atoms with Crippen LogP contribution >= 0.6 is 12.4 Å². The van der Waals surface area contributed by atoms with Crippen molar-refractivity contribution in [3.05, 3.63) is 0 Å². The number of piperidine rings is 1. The molecule has 17 heavy (non-hydrogen) atoms. The second-order valence-corrected chi connectivity index (χ2v) is 4.84. The summed E-state index contributed by atoms with van der Waals surface area (Å²) in [6.07, 6.45) is 6.52. The van der Waals surface area contributed by atoms with Gasteiger partial charge in [-0.1, -0.05) is 19.8 Å². The van der Waals surface area contributed by atoms with E-state index in [1.54, 1.807) is 0 Å². The Kier molecular flexibility index (Phi) is 9.56. The third kappa shape index (κ3) is 6.27. The number of nitrogens with zero attached hydrogens (tertiary/aromatic N) is 1. The molecule has 0 atom stereocenters. The molecule has 1 saturated heterocycles. The van der Waals surface area contributed by atoms with Crippen LogP contribution < -0.4 is 5.32 Å². The van der Waals surface area contributed by atoms with Gasteiger partial charge >= 0.3 is 0 Å². The van der Waals surface area contributed by atoms with Crippen molar-refractivity contribution in [1.29, 1.82) is 0 Å². The summed E-state index contributed by atoms with van der Waals surface area (Å²) in [5, 5.41) is 3.22. The quantitative estimate of drug-likeness (QED) is 0.746. The topological polar surface area (TPSA) is 32.3 Å². The maximum Gasteiger partial charge on any atom is 0.222 e. The van der Waals surface area contributed by atoms with Gasteiger partial charge in [-0.25, -0.2) is 0 Å². The number of carbonyl (C=O) groups excluding carboxylic acids is 1. The summed E-state index contributed by atoms with van der Waals surface area (Å²) >= 11 is 0. The zero-order valence-corrected chi connectivity index (χ0v) is 12.0. The van der Waals surface area contributed by atoms with Gasteiger partial charge in [-0.2, -0.15) is 0 Å². The van der Waals surface area contributed by atoms with Crippen LogP contribution in [-0.2, 0) is 4.79 Å². The Morgan fingerprint density at radius 3 is 2.47 bits per heavy atom. The summed E-state index contributed by atoms with van der Waals surface area (Å²) in [4.78, 5) is 13.9. The first-order chi connectivity index (χ1) is 7.77. The summed E-state index contributed by atoms with van der Waals surface area (Å²) in [5.41, 5.74) is 0. The van der Waals surface area contributed by atoms with Crippen LogP contribution in [0.15, 0.2) is 0 Å². The maximum absolute atomic E-state index is 11.8. The fourth-order valence-electron chi connectivity index (χ4n) is 2.36. The molecule has 0 unspecified atom stereocenters. The average Bonchev–Trinajstić information content (AvgIpc) is 2.30. The largest absolute Gasteiger partial charge is 0.343 e. The fourth-order valence-corrected chi connectivity index (χ4v) is 2.36. The number of rotatable bonds is 6. The highest BCUT2D eigenvalue weighted by Crippen LogP contribution is 2.17. The third-order valence-corrected chi connectivity index (χ3v) is 3.45. The summed E-state index contributed by atoms with van der Waals surface area (Å²) in [7, 11) is 2.00. The van der Waals surface area contributed by atoms with E-state index >= 15 is 0 Å². The van der Waals surface area contributed by atoms with E-state index in [0.717, 1.165) is 38.4 Å². The monoisotopic (exact) mass is 262 g/mol. The van der Waals surface area contributed by atoms with Gasteiger partial charge in [0, 0.05) is 19.5 Å². The van der Waals surface area contributed by atoms with Gasteiger partial charge in [0.25, 0.3) is 0 Å². The fraction of sp³-hybridized carbons (Fsp3) is 0.923. The molecule has 4 heteroatoms. The van der Waals surface area contributed by atoms with Gasteiger partial charge in [-0.3, -0.25) is 4.79 Å². The number of carbonyl (C=O) groups is 1. The molecule has 0 aromatic carbocycles. The van der Waals surface area contributed by atoms with Crippen LogP contribution in [0.2, 0.25) is 0 Å². The van der Waals surface area contributed by atoms with E-state index in [4.69, 9.17) is 0 Å². The molecule has 102 valence electrons. The van der Waals surface area contributed by atoms with Crippen LogP contribution in [0, 0.1) is 5.92 Å². The second kappa shape index (κ2) is 9.72.